The molecule has 0 spiro atoms. The van der Waals surface area contributed by atoms with E-state index < -0.39 is 0 Å². The van der Waals surface area contributed by atoms with Crippen molar-refractivity contribution in [2.75, 3.05) is 5.01 Å². The molecule has 1 aliphatic heterocycles. The number of hydrogen-bond acceptors (Lipinski definition) is 2. The molecule has 1 aromatic rings. The highest BCUT2D eigenvalue weighted by Gasteiger charge is 2.38. The van der Waals surface area contributed by atoms with Crippen molar-refractivity contribution in [3.05, 3.63) is 30.3 Å². The molecule has 17 heavy (non-hydrogen) atoms. The van der Waals surface area contributed by atoms with Gasteiger partial charge in [-0.25, -0.2) is 15.2 Å². The van der Waals surface area contributed by atoms with E-state index in [4.69, 9.17) is 0 Å². The molecule has 1 aliphatic rings. The summed E-state index contributed by atoms with van der Waals surface area (Å²) in [6, 6.07) is 9.50. The molecule has 1 atom stereocenters. The molecule has 92 valence electrons. The maximum absolute atomic E-state index is 11.9. The van der Waals surface area contributed by atoms with Crippen LogP contribution in [0.4, 0.5) is 10.5 Å². The van der Waals surface area contributed by atoms with Crippen LogP contribution in [-0.4, -0.2) is 11.7 Å². The molecule has 0 radical (unpaired) electrons. The molecule has 2 N–H and O–H groups in total. The summed E-state index contributed by atoms with van der Waals surface area (Å²) < 4.78 is 0. The minimum absolute atomic E-state index is 0.0978. The number of nitrogens with zero attached hydrogens (tertiary/aromatic N) is 1. The third-order valence-corrected chi connectivity index (χ3v) is 2.78. The minimum Gasteiger partial charge on any atom is -0.317 e. The number of hydrogen-bond donors (Lipinski definition) is 2. The van der Waals surface area contributed by atoms with Crippen molar-refractivity contribution in [3.8, 4) is 0 Å². The smallest absolute Gasteiger partial charge is 0.317 e. The van der Waals surface area contributed by atoms with Crippen LogP contribution < -0.4 is 15.8 Å². The number of carbonyl (C=O) groups excluding carboxylic acids is 1. The zero-order chi connectivity index (χ0) is 12.5. The van der Waals surface area contributed by atoms with E-state index in [2.05, 4.69) is 24.6 Å². The van der Waals surface area contributed by atoms with Crippen LogP contribution in [0.25, 0.3) is 0 Å². The van der Waals surface area contributed by atoms with Gasteiger partial charge in [-0.15, -0.1) is 0 Å². The Morgan fingerprint density at radius 1 is 1.29 bits per heavy atom. The second kappa shape index (κ2) is 4.37. The third-order valence-electron chi connectivity index (χ3n) is 2.78. The summed E-state index contributed by atoms with van der Waals surface area (Å²) in [6.45, 7) is 6.29. The highest BCUT2D eigenvalue weighted by atomic mass is 16.2. The average Bonchev–Trinajstić information content (AvgIpc) is 2.54. The lowest BCUT2D eigenvalue weighted by molar-refractivity contribution is 0.243. The van der Waals surface area contributed by atoms with Crippen molar-refractivity contribution < 1.29 is 4.79 Å². The van der Waals surface area contributed by atoms with E-state index in [0.29, 0.717) is 5.92 Å². The van der Waals surface area contributed by atoms with Gasteiger partial charge in [0.15, 0.2) is 0 Å². The van der Waals surface area contributed by atoms with Crippen molar-refractivity contribution in [1.29, 1.82) is 0 Å². The van der Waals surface area contributed by atoms with E-state index in [0.717, 1.165) is 12.1 Å². The van der Waals surface area contributed by atoms with Gasteiger partial charge < -0.3 is 5.32 Å². The van der Waals surface area contributed by atoms with Gasteiger partial charge in [0.05, 0.1) is 5.69 Å². The van der Waals surface area contributed by atoms with Gasteiger partial charge in [-0.2, -0.15) is 0 Å². The quantitative estimate of drug-likeness (QED) is 0.842. The predicted octanol–water partition coefficient (Wildman–Crippen LogP) is 2.48. The molecule has 0 bridgehead atoms. The molecule has 1 saturated heterocycles. The Morgan fingerprint density at radius 2 is 1.94 bits per heavy atom. The van der Waals surface area contributed by atoms with Gasteiger partial charge in [0.25, 0.3) is 0 Å². The van der Waals surface area contributed by atoms with Gasteiger partial charge in [-0.3, -0.25) is 0 Å². The largest absolute Gasteiger partial charge is 0.338 e. The number of anilines is 1. The van der Waals surface area contributed by atoms with Crippen LogP contribution in [0.2, 0.25) is 0 Å². The molecular formula is C13H19N3O. The summed E-state index contributed by atoms with van der Waals surface area (Å²) in [6.07, 6.45) is 0.891. The van der Waals surface area contributed by atoms with Crippen LogP contribution in [0.3, 0.4) is 0 Å². The molecule has 1 aromatic carbocycles. The van der Waals surface area contributed by atoms with Gasteiger partial charge in [-0.1, -0.05) is 32.0 Å². The number of carbonyl (C=O) groups is 1. The zero-order valence-electron chi connectivity index (χ0n) is 10.5. The topological polar surface area (TPSA) is 44.4 Å². The number of nitrogens with one attached hydrogen (secondary N) is 2. The van der Waals surface area contributed by atoms with E-state index in [1.807, 2.05) is 37.3 Å². The van der Waals surface area contributed by atoms with Gasteiger partial charge in [-0.05, 0) is 31.4 Å². The van der Waals surface area contributed by atoms with Gasteiger partial charge in [0.1, 0.15) is 5.66 Å². The van der Waals surface area contributed by atoms with Crippen molar-refractivity contribution >= 4 is 11.7 Å². The standard InChI is InChI=1S/C13H19N3O/c1-10(2)9-13(3)14-12(17)16(15-13)11-7-5-4-6-8-11/h4-8,10,15H,9H2,1-3H3,(H,14,17)/t13-/m1/s1. The summed E-state index contributed by atoms with van der Waals surface area (Å²) in [7, 11) is 0. The Balaban J connectivity index is 2.15. The summed E-state index contributed by atoms with van der Waals surface area (Å²) in [5, 5.41) is 4.56. The number of urea groups is 1. The Kier molecular flexibility index (Phi) is 3.07. The monoisotopic (exact) mass is 233 g/mol. The molecule has 0 aliphatic carbocycles. The van der Waals surface area contributed by atoms with Crippen LogP contribution in [0.15, 0.2) is 30.3 Å². The fraction of sp³-hybridized carbons (Fsp3) is 0.462. The Labute approximate surface area is 102 Å². The summed E-state index contributed by atoms with van der Waals surface area (Å²) in [5.41, 5.74) is 3.74. The SMILES string of the molecule is CC(C)C[C@]1(C)NC(=O)N(c2ccccc2)N1. The van der Waals surface area contributed by atoms with Crippen molar-refractivity contribution in [2.24, 2.45) is 5.92 Å². The molecule has 1 heterocycles. The number of benzene rings is 1. The normalized spacial score (nSPS) is 24.2. The molecule has 0 unspecified atom stereocenters. The van der Waals surface area contributed by atoms with E-state index in [-0.39, 0.29) is 11.7 Å². The summed E-state index contributed by atoms with van der Waals surface area (Å²) in [5.74, 6) is 0.517. The second-order valence-electron chi connectivity index (χ2n) is 5.14. The van der Waals surface area contributed by atoms with Crippen LogP contribution in [0.1, 0.15) is 27.2 Å². The molecule has 2 amide bonds. The Bertz CT molecular complexity index is 404. The van der Waals surface area contributed by atoms with Crippen molar-refractivity contribution in [3.63, 3.8) is 0 Å². The van der Waals surface area contributed by atoms with Crippen LogP contribution in [-0.2, 0) is 0 Å². The first kappa shape index (κ1) is 11.9. The summed E-state index contributed by atoms with van der Waals surface area (Å²) in [4.78, 5) is 11.9. The Hall–Kier alpha value is -1.55. The van der Waals surface area contributed by atoms with Gasteiger partial charge >= 0.3 is 6.03 Å². The molecule has 0 aromatic heterocycles. The van der Waals surface area contributed by atoms with Crippen molar-refractivity contribution in [1.82, 2.24) is 10.7 Å². The highest BCUT2D eigenvalue weighted by molar-refractivity contribution is 5.93. The van der Waals surface area contributed by atoms with Gasteiger partial charge in [0, 0.05) is 0 Å². The van der Waals surface area contributed by atoms with E-state index in [1.165, 1.54) is 0 Å². The first-order chi connectivity index (χ1) is 8.00. The molecular weight excluding hydrogens is 214 g/mol. The van der Waals surface area contributed by atoms with Crippen LogP contribution >= 0.6 is 0 Å². The lowest BCUT2D eigenvalue weighted by Crippen LogP contribution is -2.49. The first-order valence-electron chi connectivity index (χ1n) is 5.95. The lowest BCUT2D eigenvalue weighted by Gasteiger charge is -2.26. The predicted molar refractivity (Wildman–Crippen MR) is 68.4 cm³/mol. The maximum Gasteiger partial charge on any atom is 0.338 e. The minimum atomic E-state index is -0.360. The maximum atomic E-state index is 11.9. The molecule has 1 fully saturated rings. The third kappa shape index (κ3) is 2.58. The molecule has 0 saturated carbocycles. The number of hydrazine groups is 1. The Morgan fingerprint density at radius 3 is 2.53 bits per heavy atom. The molecule has 2 rings (SSSR count). The fourth-order valence-electron chi connectivity index (χ4n) is 2.29. The lowest BCUT2D eigenvalue weighted by atomic mass is 10.0. The van der Waals surface area contributed by atoms with E-state index in [9.17, 15) is 4.79 Å². The van der Waals surface area contributed by atoms with E-state index in [1.54, 1.807) is 5.01 Å². The van der Waals surface area contributed by atoms with Crippen molar-refractivity contribution in [2.45, 2.75) is 32.9 Å². The zero-order valence-corrected chi connectivity index (χ0v) is 10.5. The number of para-hydroxylation sites is 1. The van der Waals surface area contributed by atoms with E-state index >= 15 is 0 Å². The number of rotatable bonds is 3. The number of amides is 2. The fourth-order valence-corrected chi connectivity index (χ4v) is 2.29. The second-order valence-corrected chi connectivity index (χ2v) is 5.14. The van der Waals surface area contributed by atoms with Gasteiger partial charge in [0.2, 0.25) is 0 Å². The molecule has 4 nitrogen and oxygen atoms in total. The van der Waals surface area contributed by atoms with Crippen LogP contribution in [0, 0.1) is 5.92 Å². The first-order valence-corrected chi connectivity index (χ1v) is 5.95. The highest BCUT2D eigenvalue weighted by Crippen LogP contribution is 2.23. The molecule has 4 heteroatoms. The summed E-state index contributed by atoms with van der Waals surface area (Å²) >= 11 is 0. The average molecular weight is 233 g/mol. The van der Waals surface area contributed by atoms with Crippen LogP contribution in [0.5, 0.6) is 0 Å².